The summed E-state index contributed by atoms with van der Waals surface area (Å²) in [6.07, 6.45) is -0.206. The minimum atomic E-state index is -0.817. The summed E-state index contributed by atoms with van der Waals surface area (Å²) in [4.78, 5) is 4.01. The van der Waals surface area contributed by atoms with Crippen molar-refractivity contribution in [3.63, 3.8) is 0 Å². The van der Waals surface area contributed by atoms with Gasteiger partial charge < -0.3 is 14.0 Å². The van der Waals surface area contributed by atoms with Crippen molar-refractivity contribution in [2.24, 2.45) is 0 Å². The summed E-state index contributed by atoms with van der Waals surface area (Å²) in [6.45, 7) is 7.72. The fourth-order valence-electron chi connectivity index (χ4n) is 1.65. The summed E-state index contributed by atoms with van der Waals surface area (Å²) in [5.74, 6) is 0. The predicted octanol–water partition coefficient (Wildman–Crippen LogP) is 1.53. The second-order valence-corrected chi connectivity index (χ2v) is 5.36. The van der Waals surface area contributed by atoms with Crippen LogP contribution in [0, 0.1) is 0 Å². The summed E-state index contributed by atoms with van der Waals surface area (Å²) in [7, 11) is 0.667. The topological polar surface area (TPSA) is 40.6 Å². The molecule has 0 atom stereocenters. The van der Waals surface area contributed by atoms with Crippen LogP contribution in [0.2, 0.25) is 0 Å². The first kappa shape index (κ1) is 9.95. The van der Waals surface area contributed by atoms with Crippen LogP contribution < -0.4 is 5.59 Å². The van der Waals surface area contributed by atoms with E-state index in [2.05, 4.69) is 4.98 Å². The summed E-state index contributed by atoms with van der Waals surface area (Å²) in [6, 6.07) is -0.0570. The van der Waals surface area contributed by atoms with Crippen molar-refractivity contribution in [3.05, 3.63) is 23.8 Å². The number of nitrogens with zero attached hydrogens (tertiary/aromatic N) is 1. The molecule has 98 valence electrons. The van der Waals surface area contributed by atoms with Crippen LogP contribution in [0.1, 0.15) is 37.4 Å². The molecular formula is C13H20BNO3. The SMILES string of the molecule is [2H]c1nc(B2OC(C)(C)C(C)(C)O2)c([2H])c(COC)c1[2H]. The number of rotatable bonds is 3. The largest absolute Gasteiger partial charge is 0.514 e. The number of pyridine rings is 1. The Bertz CT molecular complexity index is 550. The zero-order valence-corrected chi connectivity index (χ0v) is 11.5. The van der Waals surface area contributed by atoms with Crippen LogP contribution in [0.5, 0.6) is 0 Å². The molecule has 0 amide bonds. The van der Waals surface area contributed by atoms with E-state index in [0.717, 1.165) is 0 Å². The van der Waals surface area contributed by atoms with E-state index in [9.17, 15) is 0 Å². The molecule has 1 fully saturated rings. The van der Waals surface area contributed by atoms with Gasteiger partial charge in [0.15, 0.2) is 0 Å². The first-order chi connectivity index (χ1) is 9.60. The van der Waals surface area contributed by atoms with Gasteiger partial charge in [-0.1, -0.05) is 0 Å². The molecule has 1 aromatic rings. The van der Waals surface area contributed by atoms with Crippen molar-refractivity contribution < 1.29 is 18.2 Å². The van der Waals surface area contributed by atoms with Gasteiger partial charge in [-0.2, -0.15) is 0 Å². The molecule has 1 aromatic heterocycles. The van der Waals surface area contributed by atoms with E-state index in [1.165, 1.54) is 7.11 Å². The molecule has 0 unspecified atom stereocenters. The molecule has 18 heavy (non-hydrogen) atoms. The highest BCUT2D eigenvalue weighted by Crippen LogP contribution is 2.36. The zero-order valence-electron chi connectivity index (χ0n) is 14.5. The standard InChI is InChI=1S/C13H20BNO3/c1-12(2)13(3,4)18-14(17-12)11-8-10(9-16-5)6-7-15-11/h6-8H,9H2,1-5H3/i6D,7D,8D. The van der Waals surface area contributed by atoms with E-state index in [1.807, 2.05) is 27.7 Å². The van der Waals surface area contributed by atoms with Crippen molar-refractivity contribution in [3.8, 4) is 0 Å². The molecule has 1 aliphatic heterocycles. The molecule has 1 aliphatic rings. The van der Waals surface area contributed by atoms with Gasteiger partial charge in [0.1, 0.15) is 0 Å². The first-order valence-electron chi connectivity index (χ1n) is 7.42. The lowest BCUT2D eigenvalue weighted by atomic mass is 9.83. The quantitative estimate of drug-likeness (QED) is 0.765. The third-order valence-electron chi connectivity index (χ3n) is 3.43. The van der Waals surface area contributed by atoms with Crippen LogP contribution in [0.25, 0.3) is 0 Å². The van der Waals surface area contributed by atoms with Gasteiger partial charge in [0, 0.05) is 13.3 Å². The van der Waals surface area contributed by atoms with Crippen LogP contribution in [0.4, 0.5) is 0 Å². The molecule has 0 N–H and O–H groups in total. The number of ether oxygens (including phenoxy) is 1. The van der Waals surface area contributed by atoms with Crippen LogP contribution in [-0.2, 0) is 20.7 Å². The van der Waals surface area contributed by atoms with E-state index in [1.54, 1.807) is 0 Å². The van der Waals surface area contributed by atoms with Gasteiger partial charge in [-0.05, 0) is 45.3 Å². The first-order valence-corrected chi connectivity index (χ1v) is 5.92. The van der Waals surface area contributed by atoms with Crippen molar-refractivity contribution >= 4 is 12.7 Å². The summed E-state index contributed by atoms with van der Waals surface area (Å²) < 4.78 is 40.6. The third kappa shape index (κ3) is 2.43. The molecule has 4 nitrogen and oxygen atoms in total. The number of methoxy groups -OCH3 is 1. The van der Waals surface area contributed by atoms with Crippen molar-refractivity contribution in [1.29, 1.82) is 0 Å². The van der Waals surface area contributed by atoms with Crippen LogP contribution >= 0.6 is 0 Å². The van der Waals surface area contributed by atoms with Gasteiger partial charge in [0.05, 0.1) is 27.5 Å². The van der Waals surface area contributed by atoms with E-state index in [4.69, 9.17) is 18.2 Å². The van der Waals surface area contributed by atoms with E-state index in [-0.39, 0.29) is 30.5 Å². The Morgan fingerprint density at radius 3 is 2.50 bits per heavy atom. The van der Waals surface area contributed by atoms with E-state index >= 15 is 0 Å². The van der Waals surface area contributed by atoms with Gasteiger partial charge in [-0.25, -0.2) is 0 Å². The highest BCUT2D eigenvalue weighted by atomic mass is 16.7. The molecule has 2 rings (SSSR count). The Morgan fingerprint density at radius 1 is 1.33 bits per heavy atom. The molecule has 5 heteroatoms. The summed E-state index contributed by atoms with van der Waals surface area (Å²) in [5, 5.41) is 0. The third-order valence-corrected chi connectivity index (χ3v) is 3.43. The predicted molar refractivity (Wildman–Crippen MR) is 70.7 cm³/mol. The molecule has 0 aliphatic carbocycles. The lowest BCUT2D eigenvalue weighted by Gasteiger charge is -2.32. The average Bonchev–Trinajstić information content (AvgIpc) is 2.58. The Hall–Kier alpha value is -0.905. The Balaban J connectivity index is 2.47. The van der Waals surface area contributed by atoms with E-state index < -0.39 is 18.3 Å². The minimum absolute atomic E-state index is 0.0383. The normalized spacial score (nSPS) is 23.6. The molecule has 0 aromatic carbocycles. The molecule has 2 heterocycles. The molecular weight excluding hydrogens is 229 g/mol. The number of aromatic nitrogens is 1. The van der Waals surface area contributed by atoms with E-state index in [0.29, 0.717) is 5.56 Å². The number of hydrogen-bond acceptors (Lipinski definition) is 4. The average molecular weight is 252 g/mol. The maximum Gasteiger partial charge on any atom is 0.514 e. The zero-order chi connectivity index (χ0) is 16.0. The molecule has 0 saturated carbocycles. The maximum absolute atomic E-state index is 8.21. The van der Waals surface area contributed by atoms with Crippen LogP contribution in [0.15, 0.2) is 18.3 Å². The highest BCUT2D eigenvalue weighted by molar-refractivity contribution is 6.61. The van der Waals surface area contributed by atoms with Gasteiger partial charge in [-0.15, -0.1) is 0 Å². The van der Waals surface area contributed by atoms with Gasteiger partial charge in [0.2, 0.25) is 0 Å². The maximum atomic E-state index is 8.21. The van der Waals surface area contributed by atoms with Crippen molar-refractivity contribution in [1.82, 2.24) is 4.98 Å². The Morgan fingerprint density at radius 2 is 1.94 bits per heavy atom. The summed E-state index contributed by atoms with van der Waals surface area (Å²) >= 11 is 0. The van der Waals surface area contributed by atoms with Crippen molar-refractivity contribution in [2.45, 2.75) is 45.5 Å². The molecule has 0 radical (unpaired) electrons. The Kier molecular flexibility index (Phi) is 2.57. The molecule has 1 saturated heterocycles. The lowest BCUT2D eigenvalue weighted by molar-refractivity contribution is 0.00578. The lowest BCUT2D eigenvalue weighted by Crippen LogP contribution is -2.41. The summed E-state index contributed by atoms with van der Waals surface area (Å²) in [5.41, 5.74) is -0.548. The second kappa shape index (κ2) is 4.65. The smallest absolute Gasteiger partial charge is 0.398 e. The fourth-order valence-corrected chi connectivity index (χ4v) is 1.65. The second-order valence-electron chi connectivity index (χ2n) is 5.36. The van der Waals surface area contributed by atoms with Gasteiger partial charge >= 0.3 is 7.12 Å². The van der Waals surface area contributed by atoms with Gasteiger partial charge in [-0.3, -0.25) is 4.98 Å². The monoisotopic (exact) mass is 252 g/mol. The fraction of sp³-hybridized carbons (Fsp3) is 0.615. The molecule has 0 spiro atoms. The van der Waals surface area contributed by atoms with Gasteiger partial charge in [0.25, 0.3) is 0 Å². The van der Waals surface area contributed by atoms with Crippen LogP contribution in [-0.4, -0.2) is 30.4 Å². The van der Waals surface area contributed by atoms with Crippen LogP contribution in [0.3, 0.4) is 0 Å². The Labute approximate surface area is 113 Å². The minimum Gasteiger partial charge on any atom is -0.398 e. The van der Waals surface area contributed by atoms with Crippen molar-refractivity contribution in [2.75, 3.05) is 7.11 Å². The number of hydrogen-bond donors (Lipinski definition) is 0. The highest BCUT2D eigenvalue weighted by Gasteiger charge is 2.52. The molecule has 0 bridgehead atoms.